The monoisotopic (exact) mass is 336 g/mol. The molecule has 0 atom stereocenters. The molecule has 0 radical (unpaired) electrons. The highest BCUT2D eigenvalue weighted by molar-refractivity contribution is 5.79. The Morgan fingerprint density at radius 1 is 1.38 bits per heavy atom. The lowest BCUT2D eigenvalue weighted by molar-refractivity contribution is 0.206. The van der Waals surface area contributed by atoms with E-state index in [1.54, 1.807) is 19.2 Å². The third-order valence-electron chi connectivity index (χ3n) is 4.43. The van der Waals surface area contributed by atoms with Crippen molar-refractivity contribution in [3.8, 4) is 0 Å². The van der Waals surface area contributed by atoms with E-state index in [9.17, 15) is 4.39 Å². The van der Waals surface area contributed by atoms with E-state index >= 15 is 0 Å². The molecule has 24 heavy (non-hydrogen) atoms. The van der Waals surface area contributed by atoms with Gasteiger partial charge in [0.2, 0.25) is 0 Å². The molecule has 0 bridgehead atoms. The number of nitrogens with one attached hydrogen (secondary N) is 2. The Labute approximate surface area is 144 Å². The summed E-state index contributed by atoms with van der Waals surface area (Å²) >= 11 is 0. The molecule has 134 valence electrons. The molecule has 1 saturated heterocycles. The van der Waals surface area contributed by atoms with Crippen LogP contribution < -0.4 is 10.6 Å². The molecule has 1 aromatic carbocycles. The van der Waals surface area contributed by atoms with Crippen molar-refractivity contribution in [2.45, 2.75) is 45.4 Å². The molecule has 0 spiro atoms. The summed E-state index contributed by atoms with van der Waals surface area (Å²) in [6, 6.07) is 5.23. The number of hydrogen-bond donors (Lipinski definition) is 3. The van der Waals surface area contributed by atoms with Crippen LogP contribution in [0.5, 0.6) is 0 Å². The van der Waals surface area contributed by atoms with E-state index in [1.165, 1.54) is 19.0 Å². The van der Waals surface area contributed by atoms with E-state index in [0.717, 1.165) is 37.5 Å². The van der Waals surface area contributed by atoms with Crippen LogP contribution in [0.3, 0.4) is 0 Å². The minimum absolute atomic E-state index is 0.289. The molecule has 1 aliphatic rings. The number of rotatable bonds is 6. The van der Waals surface area contributed by atoms with Crippen molar-refractivity contribution < 1.29 is 9.50 Å². The van der Waals surface area contributed by atoms with Crippen molar-refractivity contribution in [2.75, 3.05) is 26.7 Å². The van der Waals surface area contributed by atoms with Crippen molar-refractivity contribution in [1.29, 1.82) is 0 Å². The van der Waals surface area contributed by atoms with E-state index in [1.807, 2.05) is 0 Å². The lowest BCUT2D eigenvalue weighted by atomic mass is 10.1. The van der Waals surface area contributed by atoms with Crippen LogP contribution in [0.4, 0.5) is 4.39 Å². The summed E-state index contributed by atoms with van der Waals surface area (Å²) in [6.45, 7) is 5.90. The Balaban J connectivity index is 1.81. The molecule has 1 fully saturated rings. The van der Waals surface area contributed by atoms with E-state index in [0.29, 0.717) is 18.2 Å². The van der Waals surface area contributed by atoms with Crippen LogP contribution in [0.25, 0.3) is 0 Å². The quantitative estimate of drug-likeness (QED) is 0.548. The molecule has 0 aromatic heterocycles. The number of likely N-dealkylation sites (tertiary alicyclic amines) is 1. The summed E-state index contributed by atoms with van der Waals surface area (Å²) in [5.41, 5.74) is 1.24. The van der Waals surface area contributed by atoms with Gasteiger partial charge in [-0.2, -0.15) is 0 Å². The lowest BCUT2D eigenvalue weighted by Crippen LogP contribution is -2.48. The highest BCUT2D eigenvalue weighted by Gasteiger charge is 2.19. The Bertz CT molecular complexity index is 542. The first kappa shape index (κ1) is 18.7. The maximum Gasteiger partial charge on any atom is 0.191 e. The summed E-state index contributed by atoms with van der Waals surface area (Å²) in [7, 11) is 1.76. The first-order chi connectivity index (χ1) is 11.7. The van der Waals surface area contributed by atoms with Gasteiger partial charge in [0.05, 0.1) is 6.61 Å². The maximum atomic E-state index is 13.4. The summed E-state index contributed by atoms with van der Waals surface area (Å²) in [4.78, 5) is 6.77. The molecular weight excluding hydrogens is 307 g/mol. The van der Waals surface area contributed by atoms with Crippen molar-refractivity contribution >= 4 is 5.96 Å². The lowest BCUT2D eigenvalue weighted by Gasteiger charge is -2.32. The molecule has 1 aromatic rings. The van der Waals surface area contributed by atoms with Crippen LogP contribution >= 0.6 is 0 Å². The standard InChI is InChI=1S/C18H29FN4O/c1-3-8-23-9-6-16(7-10-23)22-18(20-2)21-12-14-4-5-17(19)15(11-14)13-24/h4-5,11,16,24H,3,6-10,12-13H2,1-2H3,(H2,20,21,22). The van der Waals surface area contributed by atoms with Gasteiger partial charge in [-0.1, -0.05) is 13.0 Å². The average molecular weight is 336 g/mol. The topological polar surface area (TPSA) is 59.9 Å². The SMILES string of the molecule is CCCN1CCC(NC(=NC)NCc2ccc(F)c(CO)c2)CC1. The maximum absolute atomic E-state index is 13.4. The number of aliphatic imine (C=N–C) groups is 1. The number of benzene rings is 1. The van der Waals surface area contributed by atoms with Gasteiger partial charge < -0.3 is 20.6 Å². The minimum Gasteiger partial charge on any atom is -0.392 e. The number of nitrogens with zero attached hydrogens (tertiary/aromatic N) is 2. The molecule has 0 saturated carbocycles. The smallest absolute Gasteiger partial charge is 0.191 e. The van der Waals surface area contributed by atoms with Gasteiger partial charge in [-0.3, -0.25) is 4.99 Å². The van der Waals surface area contributed by atoms with Crippen LogP contribution in [0.2, 0.25) is 0 Å². The predicted molar refractivity (Wildman–Crippen MR) is 95.4 cm³/mol. The summed E-state index contributed by atoms with van der Waals surface area (Å²) in [5, 5.41) is 15.9. The fourth-order valence-electron chi connectivity index (χ4n) is 3.05. The van der Waals surface area contributed by atoms with E-state index in [4.69, 9.17) is 5.11 Å². The number of aliphatic hydroxyl groups excluding tert-OH is 1. The van der Waals surface area contributed by atoms with Gasteiger partial charge in [0.25, 0.3) is 0 Å². The Hall–Kier alpha value is -1.66. The van der Waals surface area contributed by atoms with Gasteiger partial charge in [0.1, 0.15) is 5.82 Å². The third kappa shape index (κ3) is 5.46. The van der Waals surface area contributed by atoms with Gasteiger partial charge in [0, 0.05) is 38.3 Å². The Morgan fingerprint density at radius 2 is 2.12 bits per heavy atom. The molecule has 2 rings (SSSR count). The van der Waals surface area contributed by atoms with Gasteiger partial charge >= 0.3 is 0 Å². The molecule has 1 heterocycles. The first-order valence-electron chi connectivity index (χ1n) is 8.74. The largest absolute Gasteiger partial charge is 0.392 e. The second-order valence-electron chi connectivity index (χ2n) is 6.27. The first-order valence-corrected chi connectivity index (χ1v) is 8.74. The molecule has 0 aliphatic carbocycles. The normalized spacial score (nSPS) is 17.1. The van der Waals surface area contributed by atoms with Crippen molar-refractivity contribution in [2.24, 2.45) is 4.99 Å². The fourth-order valence-corrected chi connectivity index (χ4v) is 3.05. The zero-order chi connectivity index (χ0) is 17.4. The van der Waals surface area contributed by atoms with Crippen LogP contribution in [0.1, 0.15) is 37.3 Å². The molecule has 0 unspecified atom stereocenters. The van der Waals surface area contributed by atoms with E-state index in [2.05, 4.69) is 27.4 Å². The van der Waals surface area contributed by atoms with Crippen LogP contribution in [-0.2, 0) is 13.2 Å². The molecule has 1 aliphatic heterocycles. The average Bonchev–Trinajstić information content (AvgIpc) is 2.61. The molecule has 6 heteroatoms. The van der Waals surface area contributed by atoms with Gasteiger partial charge in [0.15, 0.2) is 5.96 Å². The summed E-state index contributed by atoms with van der Waals surface area (Å²) in [5.74, 6) is 0.390. The van der Waals surface area contributed by atoms with Crippen molar-refractivity contribution in [1.82, 2.24) is 15.5 Å². The van der Waals surface area contributed by atoms with Gasteiger partial charge in [-0.05, 0) is 43.5 Å². The third-order valence-corrected chi connectivity index (χ3v) is 4.43. The van der Waals surface area contributed by atoms with Gasteiger partial charge in [-0.15, -0.1) is 0 Å². The minimum atomic E-state index is -0.373. The molecule has 3 N–H and O–H groups in total. The number of guanidine groups is 1. The Morgan fingerprint density at radius 3 is 2.75 bits per heavy atom. The molecule has 0 amide bonds. The highest BCUT2D eigenvalue weighted by atomic mass is 19.1. The molecule has 5 nitrogen and oxygen atoms in total. The second-order valence-corrected chi connectivity index (χ2v) is 6.27. The van der Waals surface area contributed by atoms with Crippen molar-refractivity contribution in [3.63, 3.8) is 0 Å². The Kier molecular flexibility index (Phi) is 7.46. The van der Waals surface area contributed by atoms with E-state index < -0.39 is 0 Å². The molecular formula is C18H29FN4O. The van der Waals surface area contributed by atoms with Crippen LogP contribution in [-0.4, -0.2) is 48.7 Å². The number of piperidine rings is 1. The van der Waals surface area contributed by atoms with Crippen LogP contribution in [0, 0.1) is 5.82 Å². The predicted octanol–water partition coefficient (Wildman–Crippen LogP) is 1.86. The zero-order valence-electron chi connectivity index (χ0n) is 14.7. The van der Waals surface area contributed by atoms with Gasteiger partial charge in [-0.25, -0.2) is 4.39 Å². The number of hydrogen-bond acceptors (Lipinski definition) is 3. The number of aliphatic hydroxyl groups is 1. The zero-order valence-corrected chi connectivity index (χ0v) is 14.7. The second kappa shape index (κ2) is 9.59. The summed E-state index contributed by atoms with van der Waals surface area (Å²) < 4.78 is 13.4. The highest BCUT2D eigenvalue weighted by Crippen LogP contribution is 2.12. The number of halogens is 1. The summed E-state index contributed by atoms with van der Waals surface area (Å²) in [6.07, 6.45) is 3.44. The van der Waals surface area contributed by atoms with E-state index in [-0.39, 0.29) is 12.4 Å². The van der Waals surface area contributed by atoms with Crippen LogP contribution in [0.15, 0.2) is 23.2 Å². The van der Waals surface area contributed by atoms with Crippen molar-refractivity contribution in [3.05, 3.63) is 35.1 Å². The fraction of sp³-hybridized carbons (Fsp3) is 0.611.